The molecule has 6 heteroatoms. The Balaban J connectivity index is 1.56. The van der Waals surface area contributed by atoms with Crippen molar-refractivity contribution in [3.05, 3.63) is 24.2 Å². The second kappa shape index (κ2) is 6.97. The van der Waals surface area contributed by atoms with Gasteiger partial charge in [-0.05, 0) is 43.7 Å². The van der Waals surface area contributed by atoms with Gasteiger partial charge in [-0.1, -0.05) is 0 Å². The molecular weight excluding hydrogens is 308 g/mol. The molecule has 1 unspecified atom stereocenters. The summed E-state index contributed by atoms with van der Waals surface area (Å²) >= 11 is 0. The van der Waals surface area contributed by atoms with Crippen molar-refractivity contribution in [2.24, 2.45) is 5.92 Å². The number of carbonyl (C=O) groups is 2. The summed E-state index contributed by atoms with van der Waals surface area (Å²) in [5.74, 6) is 0.901. The van der Waals surface area contributed by atoms with Gasteiger partial charge in [0, 0.05) is 40.2 Å². The molecule has 0 saturated carbocycles. The molecule has 0 aliphatic carbocycles. The molecule has 1 aromatic rings. The smallest absolute Gasteiger partial charge is 0.289 e. The van der Waals surface area contributed by atoms with Crippen molar-refractivity contribution in [1.29, 1.82) is 0 Å². The number of furan rings is 1. The molecule has 24 heavy (non-hydrogen) atoms. The van der Waals surface area contributed by atoms with Gasteiger partial charge in [0.1, 0.15) is 0 Å². The number of hydrogen-bond acceptors (Lipinski definition) is 4. The van der Waals surface area contributed by atoms with Crippen LogP contribution in [0.3, 0.4) is 0 Å². The highest BCUT2D eigenvalue weighted by Crippen LogP contribution is 2.39. The summed E-state index contributed by atoms with van der Waals surface area (Å²) in [6.07, 6.45) is 5.62. The standard InChI is InChI=1S/C18H26N2O4/c1-19(2)16(21)12-14-5-11-24-18(13-14)6-8-20(9-7-18)17(22)15-4-3-10-23-15/h3-4,10,14H,5-9,11-13H2,1-2H3. The summed E-state index contributed by atoms with van der Waals surface area (Å²) in [5.41, 5.74) is -0.171. The maximum atomic E-state index is 12.4. The Kier molecular flexibility index (Phi) is 4.94. The molecule has 0 bridgehead atoms. The number of hydrogen-bond donors (Lipinski definition) is 0. The summed E-state index contributed by atoms with van der Waals surface area (Å²) in [6.45, 7) is 2.05. The fourth-order valence-electron chi connectivity index (χ4n) is 3.75. The summed E-state index contributed by atoms with van der Waals surface area (Å²) in [4.78, 5) is 27.8. The lowest BCUT2D eigenvalue weighted by atomic mass is 9.78. The molecule has 1 spiro atoms. The van der Waals surface area contributed by atoms with E-state index in [0.717, 1.165) is 25.7 Å². The Hall–Kier alpha value is -1.82. The average molecular weight is 334 g/mol. The zero-order valence-electron chi connectivity index (χ0n) is 14.5. The molecule has 0 aromatic carbocycles. The normalized spacial score (nSPS) is 23.2. The molecule has 2 amide bonds. The van der Waals surface area contributed by atoms with E-state index >= 15 is 0 Å². The van der Waals surface area contributed by atoms with Crippen LogP contribution in [0.1, 0.15) is 42.7 Å². The highest BCUT2D eigenvalue weighted by Gasteiger charge is 2.41. The van der Waals surface area contributed by atoms with Crippen molar-refractivity contribution < 1.29 is 18.7 Å². The zero-order valence-corrected chi connectivity index (χ0v) is 14.5. The molecule has 0 N–H and O–H groups in total. The number of likely N-dealkylation sites (tertiary alicyclic amines) is 1. The first-order chi connectivity index (χ1) is 11.5. The summed E-state index contributed by atoms with van der Waals surface area (Å²) in [5, 5.41) is 0. The monoisotopic (exact) mass is 334 g/mol. The topological polar surface area (TPSA) is 63.0 Å². The van der Waals surface area contributed by atoms with Crippen molar-refractivity contribution in [3.8, 4) is 0 Å². The fraction of sp³-hybridized carbons (Fsp3) is 0.667. The first-order valence-corrected chi connectivity index (χ1v) is 8.66. The van der Waals surface area contributed by atoms with E-state index in [0.29, 0.717) is 37.8 Å². The molecule has 132 valence electrons. The Bertz CT molecular complexity index is 574. The van der Waals surface area contributed by atoms with E-state index in [4.69, 9.17) is 9.15 Å². The van der Waals surface area contributed by atoms with E-state index in [9.17, 15) is 9.59 Å². The molecule has 1 atom stereocenters. The lowest BCUT2D eigenvalue weighted by Gasteiger charge is -2.46. The van der Waals surface area contributed by atoms with E-state index in [1.807, 2.05) is 4.90 Å². The van der Waals surface area contributed by atoms with Crippen LogP contribution in [-0.2, 0) is 9.53 Å². The van der Waals surface area contributed by atoms with Crippen molar-refractivity contribution >= 4 is 11.8 Å². The van der Waals surface area contributed by atoms with E-state index in [1.165, 1.54) is 6.26 Å². The van der Waals surface area contributed by atoms with Crippen LogP contribution in [0.15, 0.2) is 22.8 Å². The summed E-state index contributed by atoms with van der Waals surface area (Å²) in [6, 6.07) is 3.43. The first-order valence-electron chi connectivity index (χ1n) is 8.66. The van der Waals surface area contributed by atoms with Gasteiger partial charge in [0.25, 0.3) is 5.91 Å². The Morgan fingerprint density at radius 3 is 2.71 bits per heavy atom. The zero-order chi connectivity index (χ0) is 17.2. The molecule has 2 aliphatic rings. The second-order valence-electron chi connectivity index (χ2n) is 7.15. The third-order valence-corrected chi connectivity index (χ3v) is 5.25. The average Bonchev–Trinajstić information content (AvgIpc) is 3.09. The lowest BCUT2D eigenvalue weighted by molar-refractivity contribution is -0.139. The van der Waals surface area contributed by atoms with Gasteiger partial charge >= 0.3 is 0 Å². The van der Waals surface area contributed by atoms with Crippen LogP contribution in [0.4, 0.5) is 0 Å². The number of ether oxygens (including phenoxy) is 1. The Morgan fingerprint density at radius 1 is 1.33 bits per heavy atom. The minimum Gasteiger partial charge on any atom is -0.459 e. The molecular formula is C18H26N2O4. The SMILES string of the molecule is CN(C)C(=O)CC1CCOC2(CCN(C(=O)c3ccco3)CC2)C1. The summed E-state index contributed by atoms with van der Waals surface area (Å²) < 4.78 is 11.3. The molecule has 6 nitrogen and oxygen atoms in total. The van der Waals surface area contributed by atoms with Crippen LogP contribution in [-0.4, -0.2) is 61.0 Å². The maximum absolute atomic E-state index is 12.4. The van der Waals surface area contributed by atoms with Crippen molar-refractivity contribution in [1.82, 2.24) is 9.80 Å². The molecule has 2 aliphatic heterocycles. The largest absolute Gasteiger partial charge is 0.459 e. The molecule has 0 radical (unpaired) electrons. The minimum absolute atomic E-state index is 0.0509. The molecule has 2 saturated heterocycles. The van der Waals surface area contributed by atoms with E-state index < -0.39 is 0 Å². The quantitative estimate of drug-likeness (QED) is 0.850. The van der Waals surface area contributed by atoms with E-state index in [1.54, 1.807) is 31.1 Å². The van der Waals surface area contributed by atoms with Crippen molar-refractivity contribution in [3.63, 3.8) is 0 Å². The van der Waals surface area contributed by atoms with Gasteiger partial charge in [-0.15, -0.1) is 0 Å². The molecule has 2 fully saturated rings. The number of rotatable bonds is 3. The van der Waals surface area contributed by atoms with Gasteiger partial charge in [-0.25, -0.2) is 0 Å². The molecule has 1 aromatic heterocycles. The van der Waals surface area contributed by atoms with Gasteiger partial charge in [-0.2, -0.15) is 0 Å². The van der Waals surface area contributed by atoms with E-state index in [2.05, 4.69) is 0 Å². The van der Waals surface area contributed by atoms with Crippen LogP contribution in [0.25, 0.3) is 0 Å². The maximum Gasteiger partial charge on any atom is 0.289 e. The summed E-state index contributed by atoms with van der Waals surface area (Å²) in [7, 11) is 3.60. The number of piperidine rings is 1. The van der Waals surface area contributed by atoms with Crippen LogP contribution < -0.4 is 0 Å². The van der Waals surface area contributed by atoms with Gasteiger partial charge < -0.3 is 19.0 Å². The third kappa shape index (κ3) is 3.64. The second-order valence-corrected chi connectivity index (χ2v) is 7.15. The molecule has 3 rings (SSSR count). The fourth-order valence-corrected chi connectivity index (χ4v) is 3.75. The Labute approximate surface area is 142 Å². The van der Waals surface area contributed by atoms with Crippen molar-refractivity contribution in [2.45, 2.75) is 37.7 Å². The Morgan fingerprint density at radius 2 is 2.08 bits per heavy atom. The number of amides is 2. The van der Waals surface area contributed by atoms with Crippen LogP contribution in [0.2, 0.25) is 0 Å². The van der Waals surface area contributed by atoms with Crippen LogP contribution in [0.5, 0.6) is 0 Å². The predicted octanol–water partition coefficient (Wildman–Crippen LogP) is 2.16. The highest BCUT2D eigenvalue weighted by atomic mass is 16.5. The van der Waals surface area contributed by atoms with Gasteiger partial charge in [-0.3, -0.25) is 9.59 Å². The number of carbonyl (C=O) groups excluding carboxylic acids is 2. The van der Waals surface area contributed by atoms with Gasteiger partial charge in [0.2, 0.25) is 5.91 Å². The lowest BCUT2D eigenvalue weighted by Crippen LogP contribution is -2.51. The van der Waals surface area contributed by atoms with Crippen molar-refractivity contribution in [2.75, 3.05) is 33.8 Å². The highest BCUT2D eigenvalue weighted by molar-refractivity contribution is 5.91. The van der Waals surface area contributed by atoms with Gasteiger partial charge in [0.05, 0.1) is 11.9 Å². The third-order valence-electron chi connectivity index (χ3n) is 5.25. The number of nitrogens with zero attached hydrogens (tertiary/aromatic N) is 2. The van der Waals surface area contributed by atoms with Crippen LogP contribution >= 0.6 is 0 Å². The minimum atomic E-state index is -0.171. The first kappa shape index (κ1) is 17.0. The van der Waals surface area contributed by atoms with Crippen LogP contribution in [0, 0.1) is 5.92 Å². The van der Waals surface area contributed by atoms with Gasteiger partial charge in [0.15, 0.2) is 5.76 Å². The van der Waals surface area contributed by atoms with E-state index in [-0.39, 0.29) is 17.4 Å². The molecule has 3 heterocycles. The predicted molar refractivity (Wildman–Crippen MR) is 88.6 cm³/mol.